The molecule has 1 aromatic carbocycles. The zero-order valence-corrected chi connectivity index (χ0v) is 13.6. The molecule has 116 valence electrons. The Kier molecular flexibility index (Phi) is 4.31. The highest BCUT2D eigenvalue weighted by Gasteiger charge is 2.32. The molecule has 1 aliphatic rings. The molecular formula is C14H17ClFNO3S. The molecule has 1 heterocycles. The van der Waals surface area contributed by atoms with E-state index in [2.05, 4.69) is 0 Å². The topological polar surface area (TPSA) is 54.5 Å². The summed E-state index contributed by atoms with van der Waals surface area (Å²) in [7, 11) is 1.21. The molecule has 1 saturated heterocycles. The molecule has 7 heteroatoms. The predicted molar refractivity (Wildman–Crippen MR) is 78.5 cm³/mol. The van der Waals surface area contributed by atoms with E-state index < -0.39 is 14.9 Å². The average Bonchev–Trinajstić information content (AvgIpc) is 2.68. The molecule has 4 nitrogen and oxygen atoms in total. The van der Waals surface area contributed by atoms with Crippen LogP contribution in [0.5, 0.6) is 0 Å². The number of likely N-dealkylation sites (tertiary alicyclic amines) is 1. The van der Waals surface area contributed by atoms with Gasteiger partial charge in [-0.05, 0) is 43.9 Å². The summed E-state index contributed by atoms with van der Waals surface area (Å²) < 4.78 is 36.6. The maximum absolute atomic E-state index is 13.7. The number of benzene rings is 1. The van der Waals surface area contributed by atoms with Crippen LogP contribution in [0.15, 0.2) is 17.0 Å². The van der Waals surface area contributed by atoms with Crippen molar-refractivity contribution in [3.05, 3.63) is 29.1 Å². The summed E-state index contributed by atoms with van der Waals surface area (Å²) in [6.45, 7) is 6.01. The predicted octanol–water partition coefficient (Wildman–Crippen LogP) is 2.93. The molecule has 0 aromatic heterocycles. The highest BCUT2D eigenvalue weighted by Crippen LogP contribution is 2.29. The Balaban J connectivity index is 2.50. The molecule has 1 fully saturated rings. The van der Waals surface area contributed by atoms with Gasteiger partial charge in [0, 0.05) is 28.8 Å². The fraction of sp³-hybridized carbons (Fsp3) is 0.500. The molecule has 0 spiro atoms. The number of amides is 1. The maximum atomic E-state index is 13.7. The first-order valence-corrected chi connectivity index (χ1v) is 8.98. The lowest BCUT2D eigenvalue weighted by Crippen LogP contribution is -2.34. The van der Waals surface area contributed by atoms with Crippen LogP contribution >= 0.6 is 10.7 Å². The number of halogens is 2. The Bertz CT molecular complexity index is 690. The molecule has 1 aliphatic heterocycles. The summed E-state index contributed by atoms with van der Waals surface area (Å²) in [5.74, 6) is -0.775. The number of carbonyl (C=O) groups is 1. The first-order chi connectivity index (χ1) is 9.61. The fourth-order valence-electron chi connectivity index (χ4n) is 2.87. The normalized spacial score (nSPS) is 22.6. The van der Waals surface area contributed by atoms with Crippen LogP contribution in [0.3, 0.4) is 0 Å². The van der Waals surface area contributed by atoms with E-state index in [1.54, 1.807) is 4.90 Å². The zero-order chi connectivity index (χ0) is 15.9. The number of carbonyl (C=O) groups excluding carboxylic acids is 1. The van der Waals surface area contributed by atoms with Crippen LogP contribution < -0.4 is 0 Å². The van der Waals surface area contributed by atoms with E-state index in [4.69, 9.17) is 10.7 Å². The Morgan fingerprint density at radius 1 is 1.38 bits per heavy atom. The van der Waals surface area contributed by atoms with Gasteiger partial charge < -0.3 is 4.90 Å². The quantitative estimate of drug-likeness (QED) is 0.782. The van der Waals surface area contributed by atoms with Gasteiger partial charge in [0.1, 0.15) is 5.82 Å². The highest BCUT2D eigenvalue weighted by molar-refractivity contribution is 8.13. The standard InChI is InChI=1S/C14H17ClFNO3S/c1-8-4-9(2)17(7-8)14(18)12-5-11(16)6-13(10(12)3)21(15,19)20/h5-6,8-9H,4,7H2,1-3H3. The summed E-state index contributed by atoms with van der Waals surface area (Å²) in [4.78, 5) is 13.9. The van der Waals surface area contributed by atoms with E-state index in [-0.39, 0.29) is 28.0 Å². The Hall–Kier alpha value is -1.14. The molecule has 0 saturated carbocycles. The second kappa shape index (κ2) is 5.57. The van der Waals surface area contributed by atoms with Gasteiger partial charge in [-0.15, -0.1) is 0 Å². The molecule has 0 radical (unpaired) electrons. The van der Waals surface area contributed by atoms with Crippen LogP contribution in [-0.2, 0) is 9.05 Å². The summed E-state index contributed by atoms with van der Waals surface area (Å²) in [5.41, 5.74) is 0.235. The molecule has 2 rings (SSSR count). The van der Waals surface area contributed by atoms with E-state index in [9.17, 15) is 17.6 Å². The summed E-state index contributed by atoms with van der Waals surface area (Å²) in [6, 6.07) is 1.95. The van der Waals surface area contributed by atoms with Crippen LogP contribution in [0.25, 0.3) is 0 Å². The monoisotopic (exact) mass is 333 g/mol. The van der Waals surface area contributed by atoms with Gasteiger partial charge in [0.15, 0.2) is 0 Å². The SMILES string of the molecule is Cc1c(C(=O)N2CC(C)CC2C)cc(F)cc1S(=O)(=O)Cl. The van der Waals surface area contributed by atoms with Crippen molar-refractivity contribution in [1.82, 2.24) is 4.90 Å². The van der Waals surface area contributed by atoms with E-state index in [0.717, 1.165) is 18.6 Å². The van der Waals surface area contributed by atoms with Gasteiger partial charge in [-0.3, -0.25) is 4.79 Å². The minimum atomic E-state index is -4.10. The average molecular weight is 334 g/mol. The van der Waals surface area contributed by atoms with E-state index in [1.807, 2.05) is 13.8 Å². The third-order valence-electron chi connectivity index (χ3n) is 3.86. The summed E-state index contributed by atoms with van der Waals surface area (Å²) in [6.07, 6.45) is 0.876. The third-order valence-corrected chi connectivity index (χ3v) is 5.31. The Morgan fingerprint density at radius 3 is 2.48 bits per heavy atom. The smallest absolute Gasteiger partial charge is 0.261 e. The lowest BCUT2D eigenvalue weighted by atomic mass is 10.1. The lowest BCUT2D eigenvalue weighted by Gasteiger charge is -2.23. The summed E-state index contributed by atoms with van der Waals surface area (Å²) in [5, 5.41) is 0. The molecule has 0 aliphatic carbocycles. The molecule has 21 heavy (non-hydrogen) atoms. The number of rotatable bonds is 2. The van der Waals surface area contributed by atoms with Gasteiger partial charge in [-0.1, -0.05) is 6.92 Å². The first kappa shape index (κ1) is 16.2. The molecule has 1 amide bonds. The minimum Gasteiger partial charge on any atom is -0.336 e. The largest absolute Gasteiger partial charge is 0.336 e. The molecule has 0 N–H and O–H groups in total. The van der Waals surface area contributed by atoms with E-state index in [0.29, 0.717) is 12.5 Å². The molecular weight excluding hydrogens is 317 g/mol. The molecule has 0 bridgehead atoms. The van der Waals surface area contributed by atoms with Crippen molar-refractivity contribution >= 4 is 25.6 Å². The van der Waals surface area contributed by atoms with Crippen LogP contribution in [0.1, 0.15) is 36.2 Å². The fourth-order valence-corrected chi connectivity index (χ4v) is 4.08. The van der Waals surface area contributed by atoms with Crippen molar-refractivity contribution in [3.63, 3.8) is 0 Å². The van der Waals surface area contributed by atoms with E-state index in [1.165, 1.54) is 6.92 Å². The van der Waals surface area contributed by atoms with Gasteiger partial charge in [0.2, 0.25) is 0 Å². The first-order valence-electron chi connectivity index (χ1n) is 6.67. The van der Waals surface area contributed by atoms with Crippen molar-refractivity contribution in [2.24, 2.45) is 5.92 Å². The maximum Gasteiger partial charge on any atom is 0.261 e. The highest BCUT2D eigenvalue weighted by atomic mass is 35.7. The van der Waals surface area contributed by atoms with Crippen molar-refractivity contribution in [1.29, 1.82) is 0 Å². The van der Waals surface area contributed by atoms with Crippen molar-refractivity contribution in [2.45, 2.75) is 38.1 Å². The van der Waals surface area contributed by atoms with Crippen molar-refractivity contribution in [2.75, 3.05) is 6.54 Å². The van der Waals surface area contributed by atoms with Gasteiger partial charge in [-0.25, -0.2) is 12.8 Å². The number of hydrogen-bond acceptors (Lipinski definition) is 3. The Labute approximate surface area is 128 Å². The van der Waals surface area contributed by atoms with Crippen LogP contribution in [0.4, 0.5) is 4.39 Å². The summed E-state index contributed by atoms with van der Waals surface area (Å²) >= 11 is 0. The minimum absolute atomic E-state index is 0.0474. The third kappa shape index (κ3) is 3.21. The number of hydrogen-bond donors (Lipinski definition) is 0. The van der Waals surface area contributed by atoms with Crippen LogP contribution in [-0.4, -0.2) is 31.8 Å². The van der Waals surface area contributed by atoms with Gasteiger partial charge in [-0.2, -0.15) is 0 Å². The molecule has 1 aromatic rings. The van der Waals surface area contributed by atoms with Crippen LogP contribution in [0.2, 0.25) is 0 Å². The molecule has 2 atom stereocenters. The lowest BCUT2D eigenvalue weighted by molar-refractivity contribution is 0.0742. The second-order valence-corrected chi connectivity index (χ2v) is 8.20. The number of nitrogens with zero attached hydrogens (tertiary/aromatic N) is 1. The van der Waals surface area contributed by atoms with Crippen molar-refractivity contribution < 1.29 is 17.6 Å². The molecule has 2 unspecified atom stereocenters. The van der Waals surface area contributed by atoms with Crippen LogP contribution in [0, 0.1) is 18.7 Å². The van der Waals surface area contributed by atoms with Gasteiger partial charge >= 0.3 is 0 Å². The van der Waals surface area contributed by atoms with Crippen molar-refractivity contribution in [3.8, 4) is 0 Å². The zero-order valence-electron chi connectivity index (χ0n) is 12.1. The second-order valence-electron chi connectivity index (χ2n) is 5.66. The van der Waals surface area contributed by atoms with E-state index >= 15 is 0 Å². The van der Waals surface area contributed by atoms with Gasteiger partial charge in [0.05, 0.1) is 4.90 Å². The Morgan fingerprint density at radius 2 is 2.00 bits per heavy atom. The van der Waals surface area contributed by atoms with Gasteiger partial charge in [0.25, 0.3) is 15.0 Å².